The number of benzene rings is 4. The van der Waals surface area contributed by atoms with E-state index in [-0.39, 0.29) is 36.5 Å². The van der Waals surface area contributed by atoms with Crippen molar-refractivity contribution in [2.75, 3.05) is 26.7 Å². The number of ether oxygens (including phenoxy) is 2. The van der Waals surface area contributed by atoms with Gasteiger partial charge in [0.05, 0.1) is 24.9 Å². The molecule has 0 saturated carbocycles. The molecule has 5 unspecified atom stereocenters. The molecule has 0 aliphatic carbocycles. The number of phenols is 1. The van der Waals surface area contributed by atoms with Gasteiger partial charge in [-0.3, -0.25) is 0 Å². The molecule has 4 aromatic carbocycles. The second kappa shape index (κ2) is 15.8. The lowest BCUT2D eigenvalue weighted by molar-refractivity contribution is -0.263. The minimum absolute atomic E-state index is 0.0457. The van der Waals surface area contributed by atoms with Crippen LogP contribution in [0.1, 0.15) is 64.7 Å². The highest BCUT2D eigenvalue weighted by Crippen LogP contribution is 2.47. The van der Waals surface area contributed by atoms with E-state index in [1.54, 1.807) is 24.3 Å². The highest BCUT2D eigenvalue weighted by molar-refractivity contribution is 5.73. The van der Waals surface area contributed by atoms with Crippen LogP contribution in [0.3, 0.4) is 0 Å². The van der Waals surface area contributed by atoms with Gasteiger partial charge in [-0.25, -0.2) is 4.79 Å². The number of aromatic hydroxyl groups is 1. The summed E-state index contributed by atoms with van der Waals surface area (Å²) in [6, 6.07) is 32.3. The number of likely N-dealkylation sites (N-methyl/N-ethyl adjacent to an activating group) is 1. The lowest BCUT2D eigenvalue weighted by Gasteiger charge is -2.44. The first-order chi connectivity index (χ1) is 22.3. The van der Waals surface area contributed by atoms with Crippen LogP contribution in [0.15, 0.2) is 103 Å². The van der Waals surface area contributed by atoms with Crippen molar-refractivity contribution in [2.45, 2.75) is 50.6 Å². The van der Waals surface area contributed by atoms with Crippen molar-refractivity contribution in [1.29, 1.82) is 0 Å². The van der Waals surface area contributed by atoms with E-state index in [2.05, 4.69) is 22.8 Å². The topological polar surface area (TPSA) is 124 Å². The van der Waals surface area contributed by atoms with Crippen LogP contribution >= 0.6 is 0 Å². The highest BCUT2D eigenvalue weighted by Gasteiger charge is 2.42. The Morgan fingerprint density at radius 3 is 2.22 bits per heavy atom. The predicted octanol–water partition coefficient (Wildman–Crippen LogP) is 5.31. The van der Waals surface area contributed by atoms with Crippen molar-refractivity contribution in [2.24, 2.45) is 0 Å². The third-order valence-electron chi connectivity index (χ3n) is 8.24. The molecule has 0 radical (unpaired) electrons. The molecule has 9 heteroatoms. The molecule has 5 atom stereocenters. The highest BCUT2D eigenvalue weighted by atomic mass is 16.7. The number of aliphatic hydroxyl groups is 2. The van der Waals surface area contributed by atoms with Crippen molar-refractivity contribution in [1.82, 2.24) is 15.5 Å². The SMILES string of the molecule is CCNC(=O)NCc1ccc(C2OC(CN(C)CC(O)c3cccc(O)c3)C(c3ccccc3)C(c3ccc(CO)cc3)O2)cc1. The van der Waals surface area contributed by atoms with Crippen LogP contribution in [-0.4, -0.2) is 59.0 Å². The monoisotopic (exact) mass is 625 g/mol. The van der Waals surface area contributed by atoms with E-state index in [9.17, 15) is 20.1 Å². The number of amides is 2. The van der Waals surface area contributed by atoms with Crippen molar-refractivity contribution in [3.8, 4) is 5.75 Å². The molecule has 46 heavy (non-hydrogen) atoms. The second-order valence-electron chi connectivity index (χ2n) is 11.7. The summed E-state index contributed by atoms with van der Waals surface area (Å²) in [6.45, 7) is 3.60. The van der Waals surface area contributed by atoms with Crippen LogP contribution in [-0.2, 0) is 22.6 Å². The molecule has 4 aromatic rings. The number of nitrogens with one attached hydrogen (secondary N) is 2. The summed E-state index contributed by atoms with van der Waals surface area (Å²) in [5.74, 6) is -0.0710. The number of hydrogen-bond acceptors (Lipinski definition) is 7. The van der Waals surface area contributed by atoms with Gasteiger partial charge in [0.25, 0.3) is 0 Å². The van der Waals surface area contributed by atoms with Crippen molar-refractivity contribution >= 4 is 6.03 Å². The third kappa shape index (κ3) is 8.51. The Morgan fingerprint density at radius 2 is 1.54 bits per heavy atom. The maximum Gasteiger partial charge on any atom is 0.315 e. The average molecular weight is 626 g/mol. The normalized spacial score (nSPS) is 20.3. The quantitative estimate of drug-likeness (QED) is 0.145. The fourth-order valence-corrected chi connectivity index (χ4v) is 5.88. The fraction of sp³-hybridized carbons (Fsp3) is 0.324. The molecule has 9 nitrogen and oxygen atoms in total. The van der Waals surface area contributed by atoms with Crippen molar-refractivity contribution in [3.05, 3.63) is 137 Å². The smallest absolute Gasteiger partial charge is 0.315 e. The van der Waals surface area contributed by atoms with Gasteiger partial charge in [-0.2, -0.15) is 0 Å². The number of urea groups is 1. The minimum atomic E-state index is -0.801. The summed E-state index contributed by atoms with van der Waals surface area (Å²) in [4.78, 5) is 13.9. The first-order valence-electron chi connectivity index (χ1n) is 15.7. The van der Waals surface area contributed by atoms with Gasteiger partial charge in [-0.15, -0.1) is 0 Å². The molecule has 242 valence electrons. The Bertz CT molecular complexity index is 1530. The lowest BCUT2D eigenvalue weighted by Crippen LogP contribution is -2.44. The summed E-state index contributed by atoms with van der Waals surface area (Å²) in [5.41, 5.74) is 5.28. The minimum Gasteiger partial charge on any atom is -0.508 e. The Hall–Kier alpha value is -4.25. The number of hydrogen-bond donors (Lipinski definition) is 5. The number of carbonyl (C=O) groups excluding carboxylic acids is 1. The number of rotatable bonds is 12. The zero-order chi connectivity index (χ0) is 32.5. The molecule has 1 aliphatic rings. The molecule has 1 fully saturated rings. The molecular formula is C37H43N3O6. The molecule has 0 aromatic heterocycles. The van der Waals surface area contributed by atoms with Crippen LogP contribution in [0.5, 0.6) is 5.75 Å². The van der Waals surface area contributed by atoms with E-state index < -0.39 is 12.4 Å². The van der Waals surface area contributed by atoms with Gasteiger partial charge >= 0.3 is 6.03 Å². The number of aliphatic hydroxyl groups excluding tert-OH is 2. The van der Waals surface area contributed by atoms with Crippen LogP contribution in [0.4, 0.5) is 4.79 Å². The van der Waals surface area contributed by atoms with E-state index in [4.69, 9.17) is 9.47 Å². The zero-order valence-corrected chi connectivity index (χ0v) is 26.3. The van der Waals surface area contributed by atoms with Gasteiger partial charge in [0.1, 0.15) is 5.75 Å². The van der Waals surface area contributed by atoms with Gasteiger partial charge in [0.2, 0.25) is 0 Å². The second-order valence-corrected chi connectivity index (χ2v) is 11.7. The number of carbonyl (C=O) groups is 1. The molecule has 0 spiro atoms. The van der Waals surface area contributed by atoms with Crippen molar-refractivity contribution < 1.29 is 29.6 Å². The van der Waals surface area contributed by atoms with Crippen LogP contribution in [0.25, 0.3) is 0 Å². The number of phenolic OH excluding ortho intramolecular Hbond substituents is 1. The third-order valence-corrected chi connectivity index (χ3v) is 8.24. The Kier molecular flexibility index (Phi) is 11.4. The predicted molar refractivity (Wildman–Crippen MR) is 176 cm³/mol. The fourth-order valence-electron chi connectivity index (χ4n) is 5.88. The van der Waals surface area contributed by atoms with Gasteiger partial charge in [-0.05, 0) is 53.9 Å². The van der Waals surface area contributed by atoms with Gasteiger partial charge in [-0.1, -0.05) is 91.0 Å². The maximum atomic E-state index is 11.9. The van der Waals surface area contributed by atoms with Crippen LogP contribution < -0.4 is 10.6 Å². The van der Waals surface area contributed by atoms with Gasteiger partial charge < -0.3 is 40.3 Å². The first-order valence-corrected chi connectivity index (χ1v) is 15.7. The largest absolute Gasteiger partial charge is 0.508 e. The van der Waals surface area contributed by atoms with E-state index >= 15 is 0 Å². The first kappa shape index (κ1) is 33.1. The molecule has 1 aliphatic heterocycles. The zero-order valence-electron chi connectivity index (χ0n) is 26.3. The number of nitrogens with zero attached hydrogens (tertiary/aromatic N) is 1. The van der Waals surface area contributed by atoms with E-state index in [1.165, 1.54) is 0 Å². The molecule has 1 saturated heterocycles. The summed E-state index contributed by atoms with van der Waals surface area (Å²) >= 11 is 0. The van der Waals surface area contributed by atoms with Gasteiger partial charge in [0, 0.05) is 37.7 Å². The average Bonchev–Trinajstić information content (AvgIpc) is 3.07. The molecule has 0 bridgehead atoms. The Morgan fingerprint density at radius 1 is 0.848 bits per heavy atom. The molecule has 2 amide bonds. The molecular weight excluding hydrogens is 582 g/mol. The summed E-state index contributed by atoms with van der Waals surface area (Å²) in [6.07, 6.45) is -2.18. The molecule has 1 heterocycles. The van der Waals surface area contributed by atoms with E-state index in [0.29, 0.717) is 31.7 Å². The Labute approximate surface area is 270 Å². The lowest BCUT2D eigenvalue weighted by atomic mass is 9.83. The van der Waals surface area contributed by atoms with Crippen LogP contribution in [0, 0.1) is 0 Å². The Balaban J connectivity index is 1.43. The van der Waals surface area contributed by atoms with E-state index in [1.807, 2.05) is 85.6 Å². The summed E-state index contributed by atoms with van der Waals surface area (Å²) < 4.78 is 13.6. The van der Waals surface area contributed by atoms with E-state index in [0.717, 1.165) is 27.8 Å². The summed E-state index contributed by atoms with van der Waals surface area (Å²) in [5, 5.41) is 36.2. The molecule has 5 rings (SSSR count). The van der Waals surface area contributed by atoms with Crippen LogP contribution in [0.2, 0.25) is 0 Å². The standard InChI is InChI=1S/C37H43N3O6/c1-3-38-37(44)39-21-25-12-18-29(19-13-25)36-45-33(23-40(2)22-32(43)30-10-7-11-31(42)20-30)34(27-8-5-4-6-9-27)35(46-36)28-16-14-26(24-41)15-17-28/h4-20,32-36,41-43H,3,21-24H2,1-2H3,(H2,38,39,44). The van der Waals surface area contributed by atoms with Gasteiger partial charge in [0.15, 0.2) is 6.29 Å². The molecule has 5 N–H and O–H groups in total. The maximum absolute atomic E-state index is 11.9. The summed E-state index contributed by atoms with van der Waals surface area (Å²) in [7, 11) is 1.95. The van der Waals surface area contributed by atoms with Crippen molar-refractivity contribution in [3.63, 3.8) is 0 Å².